The number of thiophene rings is 1. The van der Waals surface area contributed by atoms with Crippen molar-refractivity contribution in [2.75, 3.05) is 39.4 Å². The minimum Gasteiger partial charge on any atom is -0.379 e. The lowest BCUT2D eigenvalue weighted by atomic mass is 9.94. The van der Waals surface area contributed by atoms with Crippen molar-refractivity contribution < 1.29 is 4.74 Å². The molecule has 0 aromatic carbocycles. The second-order valence-electron chi connectivity index (χ2n) is 5.64. The number of aryl methyl sites for hydroxylation is 1. The van der Waals surface area contributed by atoms with Gasteiger partial charge in [0.25, 0.3) is 0 Å². The summed E-state index contributed by atoms with van der Waals surface area (Å²) in [7, 11) is 0. The largest absolute Gasteiger partial charge is 0.379 e. The Bertz CT molecular complexity index is 432. The Morgan fingerprint density at radius 3 is 3.10 bits per heavy atom. The first-order chi connectivity index (χ1) is 9.83. The Balaban J connectivity index is 1.42. The van der Waals surface area contributed by atoms with Crippen molar-refractivity contribution in [1.82, 2.24) is 10.2 Å². The number of ether oxygens (including phenoxy) is 1. The zero-order chi connectivity index (χ0) is 13.8. The molecule has 1 aliphatic carbocycles. The van der Waals surface area contributed by atoms with Gasteiger partial charge in [0.05, 0.1) is 16.1 Å². The summed E-state index contributed by atoms with van der Waals surface area (Å²) in [6.45, 7) is 6.37. The quantitative estimate of drug-likeness (QED) is 0.601. The van der Waals surface area contributed by atoms with Crippen LogP contribution >= 0.6 is 33.9 Å². The molecule has 1 aromatic heterocycles. The fourth-order valence-electron chi connectivity index (χ4n) is 3.14. The van der Waals surface area contributed by atoms with Crippen LogP contribution in [0.15, 0.2) is 6.07 Å². The van der Waals surface area contributed by atoms with Crippen LogP contribution in [-0.2, 0) is 11.2 Å². The summed E-state index contributed by atoms with van der Waals surface area (Å²) in [5, 5.41) is 3.78. The second kappa shape index (κ2) is 7.54. The summed E-state index contributed by atoms with van der Waals surface area (Å²) in [5.41, 5.74) is 1.58. The first kappa shape index (κ1) is 15.2. The molecule has 1 fully saturated rings. The molecule has 112 valence electrons. The lowest BCUT2D eigenvalue weighted by Gasteiger charge is -2.27. The topological polar surface area (TPSA) is 24.5 Å². The number of nitrogens with one attached hydrogen (secondary N) is 1. The van der Waals surface area contributed by atoms with E-state index in [1.54, 1.807) is 10.4 Å². The third kappa shape index (κ3) is 3.94. The minimum absolute atomic E-state index is 0.600. The van der Waals surface area contributed by atoms with Gasteiger partial charge in [-0.15, -0.1) is 11.3 Å². The van der Waals surface area contributed by atoms with E-state index in [-0.39, 0.29) is 0 Å². The van der Waals surface area contributed by atoms with E-state index in [0.29, 0.717) is 6.04 Å². The zero-order valence-corrected chi connectivity index (χ0v) is 14.8. The fraction of sp³-hybridized carbons (Fsp3) is 0.733. The molecule has 0 saturated carbocycles. The Kier molecular flexibility index (Phi) is 5.73. The predicted octanol–water partition coefficient (Wildman–Crippen LogP) is 3.04. The van der Waals surface area contributed by atoms with Crippen molar-refractivity contribution in [1.29, 1.82) is 0 Å². The molecular weight excluding hydrogens is 383 g/mol. The van der Waals surface area contributed by atoms with Crippen LogP contribution in [0.1, 0.15) is 35.7 Å². The average molecular weight is 406 g/mol. The number of fused-ring (bicyclic) bond motifs is 1. The van der Waals surface area contributed by atoms with Crippen LogP contribution in [-0.4, -0.2) is 44.3 Å². The van der Waals surface area contributed by atoms with Crippen molar-refractivity contribution >= 4 is 33.9 Å². The highest BCUT2D eigenvalue weighted by molar-refractivity contribution is 14.1. The van der Waals surface area contributed by atoms with Crippen LogP contribution in [0.3, 0.4) is 0 Å². The zero-order valence-electron chi connectivity index (χ0n) is 11.9. The van der Waals surface area contributed by atoms with E-state index in [1.165, 1.54) is 35.1 Å². The summed E-state index contributed by atoms with van der Waals surface area (Å²) >= 11 is 4.44. The Labute approximate surface area is 139 Å². The van der Waals surface area contributed by atoms with Gasteiger partial charge in [-0.05, 0) is 73.0 Å². The van der Waals surface area contributed by atoms with Gasteiger partial charge in [-0.3, -0.25) is 4.90 Å². The van der Waals surface area contributed by atoms with Crippen LogP contribution in [0.4, 0.5) is 0 Å². The van der Waals surface area contributed by atoms with Crippen LogP contribution in [0, 0.1) is 2.88 Å². The Morgan fingerprint density at radius 1 is 1.40 bits per heavy atom. The van der Waals surface area contributed by atoms with Crippen LogP contribution < -0.4 is 5.32 Å². The molecule has 2 aliphatic rings. The molecule has 0 bridgehead atoms. The van der Waals surface area contributed by atoms with E-state index >= 15 is 0 Å². The summed E-state index contributed by atoms with van der Waals surface area (Å²) in [4.78, 5) is 4.14. The molecule has 0 amide bonds. The predicted molar refractivity (Wildman–Crippen MR) is 92.6 cm³/mol. The number of morpholine rings is 1. The summed E-state index contributed by atoms with van der Waals surface area (Å²) in [6.07, 6.45) is 5.17. The van der Waals surface area contributed by atoms with E-state index in [2.05, 4.69) is 38.9 Å². The molecule has 1 atom stereocenters. The van der Waals surface area contributed by atoms with Gasteiger partial charge in [-0.2, -0.15) is 0 Å². The molecule has 0 spiro atoms. The van der Waals surface area contributed by atoms with Crippen molar-refractivity contribution in [2.24, 2.45) is 0 Å². The first-order valence-corrected chi connectivity index (χ1v) is 9.54. The molecule has 1 saturated heterocycles. The highest BCUT2D eigenvalue weighted by Crippen LogP contribution is 2.36. The molecule has 5 heteroatoms. The molecular formula is C15H23IN2OS. The minimum atomic E-state index is 0.600. The molecule has 0 radical (unpaired) electrons. The van der Waals surface area contributed by atoms with Crippen LogP contribution in [0.25, 0.3) is 0 Å². The van der Waals surface area contributed by atoms with Gasteiger partial charge in [0.15, 0.2) is 0 Å². The maximum atomic E-state index is 5.39. The molecule has 20 heavy (non-hydrogen) atoms. The lowest BCUT2D eigenvalue weighted by molar-refractivity contribution is 0.0373. The SMILES string of the molecule is Ic1cc2c(s1)CCCC2NCCCN1CCOCC1. The van der Waals surface area contributed by atoms with Gasteiger partial charge in [-0.25, -0.2) is 0 Å². The monoisotopic (exact) mass is 406 g/mol. The lowest BCUT2D eigenvalue weighted by Crippen LogP contribution is -2.38. The number of nitrogens with zero attached hydrogens (tertiary/aromatic N) is 1. The highest BCUT2D eigenvalue weighted by atomic mass is 127. The van der Waals surface area contributed by atoms with Crippen LogP contribution in [0.5, 0.6) is 0 Å². The van der Waals surface area contributed by atoms with Crippen LogP contribution in [0.2, 0.25) is 0 Å². The van der Waals surface area contributed by atoms with Gasteiger partial charge in [-0.1, -0.05) is 0 Å². The van der Waals surface area contributed by atoms with Gasteiger partial charge in [0, 0.05) is 24.0 Å². The number of hydrogen-bond acceptors (Lipinski definition) is 4. The third-order valence-electron chi connectivity index (χ3n) is 4.23. The second-order valence-corrected chi connectivity index (χ2v) is 8.67. The summed E-state index contributed by atoms with van der Waals surface area (Å²) in [5.74, 6) is 0. The van der Waals surface area contributed by atoms with Gasteiger partial charge >= 0.3 is 0 Å². The van der Waals surface area contributed by atoms with E-state index < -0.39 is 0 Å². The maximum Gasteiger partial charge on any atom is 0.0659 e. The molecule has 1 aliphatic heterocycles. The van der Waals surface area contributed by atoms with Gasteiger partial charge < -0.3 is 10.1 Å². The van der Waals surface area contributed by atoms with Gasteiger partial charge in [0.1, 0.15) is 0 Å². The number of halogens is 1. The number of hydrogen-bond donors (Lipinski definition) is 1. The molecule has 1 N–H and O–H groups in total. The highest BCUT2D eigenvalue weighted by Gasteiger charge is 2.22. The van der Waals surface area contributed by atoms with Gasteiger partial charge in [0.2, 0.25) is 0 Å². The number of rotatable bonds is 5. The summed E-state index contributed by atoms with van der Waals surface area (Å²) in [6, 6.07) is 2.99. The van der Waals surface area contributed by atoms with Crippen molar-refractivity contribution in [3.05, 3.63) is 19.4 Å². The smallest absolute Gasteiger partial charge is 0.0659 e. The van der Waals surface area contributed by atoms with Crippen molar-refractivity contribution in [3.8, 4) is 0 Å². The molecule has 1 unspecified atom stereocenters. The molecule has 3 nitrogen and oxygen atoms in total. The fourth-order valence-corrected chi connectivity index (χ4v) is 5.26. The maximum absolute atomic E-state index is 5.39. The third-order valence-corrected chi connectivity index (χ3v) is 6.20. The Morgan fingerprint density at radius 2 is 2.25 bits per heavy atom. The van der Waals surface area contributed by atoms with Crippen molar-refractivity contribution in [2.45, 2.75) is 31.7 Å². The average Bonchev–Trinajstić information content (AvgIpc) is 2.86. The van der Waals surface area contributed by atoms with E-state index in [0.717, 1.165) is 32.8 Å². The molecule has 2 heterocycles. The standard InChI is InChI=1S/C15H23IN2OS/c16-15-11-12-13(3-1-4-14(12)20-15)17-5-2-6-18-7-9-19-10-8-18/h11,13,17H,1-10H2. The molecule has 1 aromatic rings. The van der Waals surface area contributed by atoms with E-state index in [9.17, 15) is 0 Å². The summed E-state index contributed by atoms with van der Waals surface area (Å²) < 4.78 is 6.83. The first-order valence-electron chi connectivity index (χ1n) is 7.64. The van der Waals surface area contributed by atoms with E-state index in [4.69, 9.17) is 4.74 Å². The van der Waals surface area contributed by atoms with Crippen molar-refractivity contribution in [3.63, 3.8) is 0 Å². The Hall–Kier alpha value is 0.310. The molecule has 3 rings (SSSR count). The normalized spacial score (nSPS) is 23.8. The van der Waals surface area contributed by atoms with E-state index in [1.807, 2.05) is 11.3 Å².